The van der Waals surface area contributed by atoms with Gasteiger partial charge in [0, 0.05) is 44.7 Å². The third-order valence-corrected chi connectivity index (χ3v) is 5.96. The van der Waals surface area contributed by atoms with Gasteiger partial charge in [-0.15, -0.1) is 0 Å². The molecule has 0 unspecified atom stereocenters. The first-order valence-corrected chi connectivity index (χ1v) is 10.7. The zero-order valence-electron chi connectivity index (χ0n) is 18.4. The van der Waals surface area contributed by atoms with Crippen LogP contribution in [0.1, 0.15) is 13.8 Å². The van der Waals surface area contributed by atoms with Crippen molar-refractivity contribution < 1.29 is 4.79 Å². The van der Waals surface area contributed by atoms with E-state index in [1.807, 2.05) is 47.8 Å². The summed E-state index contributed by atoms with van der Waals surface area (Å²) < 4.78 is 3.58. The molecule has 1 aliphatic heterocycles. The van der Waals surface area contributed by atoms with Crippen LogP contribution >= 0.6 is 0 Å². The van der Waals surface area contributed by atoms with E-state index in [4.69, 9.17) is 5.73 Å². The summed E-state index contributed by atoms with van der Waals surface area (Å²) >= 11 is 0. The van der Waals surface area contributed by atoms with Crippen molar-refractivity contribution in [1.29, 1.82) is 0 Å². The van der Waals surface area contributed by atoms with E-state index < -0.39 is 0 Å². The molecule has 3 N–H and O–H groups in total. The quantitative estimate of drug-likeness (QED) is 0.506. The molecule has 11 heteroatoms. The first-order chi connectivity index (χ1) is 15.5. The fraction of sp³-hybridized carbons (Fsp3) is 0.381. The zero-order valence-corrected chi connectivity index (χ0v) is 18.4. The lowest BCUT2D eigenvalue weighted by Gasteiger charge is -2.40. The number of carbonyl (C=O) groups excluding carboxylic acids is 1. The third-order valence-electron chi connectivity index (χ3n) is 5.96. The number of amides is 2. The van der Waals surface area contributed by atoms with Crippen LogP contribution < -0.4 is 16.0 Å². The largest absolute Gasteiger partial charge is 0.368 e. The predicted molar refractivity (Wildman–Crippen MR) is 124 cm³/mol. The fourth-order valence-corrected chi connectivity index (χ4v) is 4.34. The van der Waals surface area contributed by atoms with E-state index in [0.29, 0.717) is 31.1 Å². The van der Waals surface area contributed by atoms with Crippen molar-refractivity contribution in [2.75, 3.05) is 35.6 Å². The highest BCUT2D eigenvalue weighted by Crippen LogP contribution is 2.28. The second kappa shape index (κ2) is 7.66. The van der Waals surface area contributed by atoms with Crippen LogP contribution in [-0.4, -0.2) is 66.1 Å². The Bertz CT molecular complexity index is 1310. The number of nitrogens with two attached hydrogens (primary N) is 1. The predicted octanol–water partition coefficient (Wildman–Crippen LogP) is 2.06. The maximum Gasteiger partial charge on any atom is 0.323 e. The van der Waals surface area contributed by atoms with Crippen molar-refractivity contribution in [2.45, 2.75) is 26.4 Å². The number of aromatic nitrogens is 6. The molecule has 32 heavy (non-hydrogen) atoms. The first kappa shape index (κ1) is 20.0. The molecule has 0 saturated carbocycles. The van der Waals surface area contributed by atoms with Crippen LogP contribution in [0.2, 0.25) is 0 Å². The smallest absolute Gasteiger partial charge is 0.323 e. The van der Waals surface area contributed by atoms with E-state index >= 15 is 0 Å². The molecular formula is C21H26N10O. The molecule has 4 heterocycles. The minimum atomic E-state index is -0.156. The summed E-state index contributed by atoms with van der Waals surface area (Å²) in [4.78, 5) is 25.8. The Kier molecular flexibility index (Phi) is 4.80. The van der Waals surface area contributed by atoms with Gasteiger partial charge in [-0.3, -0.25) is 14.7 Å². The number of hydrogen-bond donors (Lipinski definition) is 2. The highest BCUT2D eigenvalue weighted by molar-refractivity contribution is 5.99. The summed E-state index contributed by atoms with van der Waals surface area (Å²) in [6, 6.07) is 7.79. The lowest BCUT2D eigenvalue weighted by Crippen LogP contribution is -2.55. The minimum Gasteiger partial charge on any atom is -0.368 e. The standard InChI is InChI=1S/C21H26N10O/c1-4-31-16-8-6-5-7-14(16)17(27-31)24-21(32)29-9-10-30(13(2)12-29)19-15-11-23-28(3)18(15)25-20(22)26-19/h5-8,11,13H,4,9-10,12H2,1-3H3,(H2,22,25,26)(H,24,27,32)/t13-/m0/s1. The summed E-state index contributed by atoms with van der Waals surface area (Å²) in [7, 11) is 1.83. The van der Waals surface area contributed by atoms with E-state index in [9.17, 15) is 4.79 Å². The SMILES string of the molecule is CCn1nc(NC(=O)N2CCN(c3nc(N)nc4c3cnn4C)[C@@H](C)C2)c2ccccc21. The molecule has 4 aromatic rings. The van der Waals surface area contributed by atoms with Crippen LogP contribution in [0.4, 0.5) is 22.4 Å². The molecule has 0 radical (unpaired) electrons. The van der Waals surface area contributed by atoms with E-state index in [1.165, 1.54) is 0 Å². The number of benzene rings is 1. The van der Waals surface area contributed by atoms with Crippen molar-refractivity contribution in [2.24, 2.45) is 7.05 Å². The van der Waals surface area contributed by atoms with Crippen LogP contribution in [0, 0.1) is 0 Å². The van der Waals surface area contributed by atoms with Crippen molar-refractivity contribution in [1.82, 2.24) is 34.4 Å². The van der Waals surface area contributed by atoms with E-state index in [1.54, 1.807) is 10.9 Å². The van der Waals surface area contributed by atoms with Gasteiger partial charge in [0.2, 0.25) is 5.95 Å². The minimum absolute atomic E-state index is 0.0390. The Hall–Kier alpha value is -3.89. The van der Waals surface area contributed by atoms with Crippen LogP contribution in [0.25, 0.3) is 21.9 Å². The maximum absolute atomic E-state index is 13.1. The first-order valence-electron chi connectivity index (χ1n) is 10.7. The number of urea groups is 1. The Morgan fingerprint density at radius 1 is 1.22 bits per heavy atom. The molecule has 0 bridgehead atoms. The maximum atomic E-state index is 13.1. The Morgan fingerprint density at radius 2 is 2.03 bits per heavy atom. The van der Waals surface area contributed by atoms with Gasteiger partial charge >= 0.3 is 6.03 Å². The van der Waals surface area contributed by atoms with Gasteiger partial charge in [-0.1, -0.05) is 12.1 Å². The summed E-state index contributed by atoms with van der Waals surface area (Å²) in [6.07, 6.45) is 1.76. The highest BCUT2D eigenvalue weighted by Gasteiger charge is 2.30. The number of piperazine rings is 1. The molecule has 5 rings (SSSR count). The number of fused-ring (bicyclic) bond motifs is 2. The monoisotopic (exact) mass is 434 g/mol. The number of hydrogen-bond acceptors (Lipinski definition) is 7. The average molecular weight is 435 g/mol. The lowest BCUT2D eigenvalue weighted by molar-refractivity contribution is 0.200. The molecule has 1 fully saturated rings. The van der Waals surface area contributed by atoms with Gasteiger partial charge in [-0.25, -0.2) is 4.79 Å². The molecule has 166 valence electrons. The van der Waals surface area contributed by atoms with Gasteiger partial charge in [0.1, 0.15) is 5.82 Å². The molecule has 0 aliphatic carbocycles. The molecule has 2 amide bonds. The van der Waals surface area contributed by atoms with Crippen LogP contribution in [-0.2, 0) is 13.6 Å². The molecule has 1 saturated heterocycles. The molecule has 1 atom stereocenters. The second-order valence-electron chi connectivity index (χ2n) is 8.01. The number of para-hydroxylation sites is 1. The van der Waals surface area contributed by atoms with Crippen molar-refractivity contribution in [3.05, 3.63) is 30.5 Å². The van der Waals surface area contributed by atoms with E-state index in [0.717, 1.165) is 28.7 Å². The summed E-state index contributed by atoms with van der Waals surface area (Å²) in [5.41, 5.74) is 7.65. The summed E-state index contributed by atoms with van der Waals surface area (Å²) in [5.74, 6) is 1.55. The van der Waals surface area contributed by atoms with Crippen LogP contribution in [0.5, 0.6) is 0 Å². The molecule has 1 aromatic carbocycles. The van der Waals surface area contributed by atoms with Crippen molar-refractivity contribution in [3.8, 4) is 0 Å². The molecular weight excluding hydrogens is 408 g/mol. The number of aryl methyl sites for hydroxylation is 2. The van der Waals surface area contributed by atoms with Gasteiger partial charge in [0.15, 0.2) is 11.5 Å². The Balaban J connectivity index is 1.35. The molecule has 3 aromatic heterocycles. The Morgan fingerprint density at radius 3 is 2.81 bits per heavy atom. The van der Waals surface area contributed by atoms with Gasteiger partial charge in [0.05, 0.1) is 17.1 Å². The fourth-order valence-electron chi connectivity index (χ4n) is 4.34. The normalized spacial score (nSPS) is 16.8. The molecule has 0 spiro atoms. The van der Waals surface area contributed by atoms with Gasteiger partial charge in [-0.05, 0) is 26.0 Å². The van der Waals surface area contributed by atoms with Crippen molar-refractivity contribution in [3.63, 3.8) is 0 Å². The number of rotatable bonds is 3. The third kappa shape index (κ3) is 3.26. The van der Waals surface area contributed by atoms with Gasteiger partial charge < -0.3 is 15.5 Å². The molecule has 11 nitrogen and oxygen atoms in total. The zero-order chi connectivity index (χ0) is 22.4. The topological polar surface area (TPSA) is 123 Å². The lowest BCUT2D eigenvalue weighted by atomic mass is 10.2. The van der Waals surface area contributed by atoms with E-state index in [2.05, 4.69) is 37.3 Å². The van der Waals surface area contributed by atoms with Crippen LogP contribution in [0.15, 0.2) is 30.5 Å². The van der Waals surface area contributed by atoms with Crippen molar-refractivity contribution >= 4 is 45.6 Å². The van der Waals surface area contributed by atoms with Gasteiger partial charge in [-0.2, -0.15) is 20.2 Å². The summed E-state index contributed by atoms with van der Waals surface area (Å²) in [5, 5.41) is 13.7. The number of carbonyl (C=O) groups is 1. The second-order valence-corrected chi connectivity index (χ2v) is 8.01. The van der Waals surface area contributed by atoms with E-state index in [-0.39, 0.29) is 18.0 Å². The number of nitrogens with one attached hydrogen (secondary N) is 1. The number of nitrogens with zero attached hydrogens (tertiary/aromatic N) is 8. The van der Waals surface area contributed by atoms with Crippen LogP contribution in [0.3, 0.4) is 0 Å². The van der Waals surface area contributed by atoms with Gasteiger partial charge in [0.25, 0.3) is 0 Å². The number of anilines is 3. The highest BCUT2D eigenvalue weighted by atomic mass is 16.2. The number of nitrogen functional groups attached to an aromatic ring is 1. The Labute approximate surface area is 184 Å². The average Bonchev–Trinajstić information content (AvgIpc) is 3.34. The molecule has 1 aliphatic rings. The summed E-state index contributed by atoms with van der Waals surface area (Å²) in [6.45, 7) is 6.56.